The first-order valence-electron chi connectivity index (χ1n) is 5.16. The average Bonchev–Trinajstić information content (AvgIpc) is 2.27. The highest BCUT2D eigenvalue weighted by molar-refractivity contribution is 7.90. The van der Waals surface area contributed by atoms with E-state index in [4.69, 9.17) is 5.11 Å². The van der Waals surface area contributed by atoms with Gasteiger partial charge in [-0.05, 0) is 24.6 Å². The van der Waals surface area contributed by atoms with Crippen LogP contribution in [0.3, 0.4) is 0 Å². The number of rotatable bonds is 5. The quantitative estimate of drug-likeness (QED) is 0.746. The highest BCUT2D eigenvalue weighted by atomic mass is 32.2. The third-order valence-electron chi connectivity index (χ3n) is 2.24. The van der Waals surface area contributed by atoms with Gasteiger partial charge >= 0.3 is 5.97 Å². The van der Waals surface area contributed by atoms with E-state index in [0.29, 0.717) is 5.56 Å². The first-order chi connectivity index (χ1) is 8.71. The molecule has 1 aromatic rings. The van der Waals surface area contributed by atoms with E-state index in [1.54, 1.807) is 6.92 Å². The van der Waals surface area contributed by atoms with Crippen LogP contribution < -0.4 is 5.48 Å². The highest BCUT2D eigenvalue weighted by Crippen LogP contribution is 2.15. The molecule has 0 unspecified atom stereocenters. The number of carboxylic acid groups (broad SMARTS) is 1. The number of aliphatic carboxylic acids is 1. The molecule has 0 aliphatic rings. The van der Waals surface area contributed by atoms with Crippen LogP contribution in [0.25, 0.3) is 0 Å². The van der Waals surface area contributed by atoms with Gasteiger partial charge < -0.3 is 5.11 Å². The number of aryl methyl sites for hydroxylation is 1. The van der Waals surface area contributed by atoms with Crippen molar-refractivity contribution < 1.29 is 28.0 Å². The number of hydrogen-bond acceptors (Lipinski definition) is 5. The van der Waals surface area contributed by atoms with E-state index in [2.05, 4.69) is 4.84 Å². The summed E-state index contributed by atoms with van der Waals surface area (Å²) in [4.78, 5) is 26.4. The lowest BCUT2D eigenvalue weighted by Crippen LogP contribution is -2.27. The molecule has 7 nitrogen and oxygen atoms in total. The van der Waals surface area contributed by atoms with E-state index in [9.17, 15) is 18.0 Å². The second-order valence-electron chi connectivity index (χ2n) is 3.86. The van der Waals surface area contributed by atoms with Gasteiger partial charge in [-0.1, -0.05) is 6.07 Å². The summed E-state index contributed by atoms with van der Waals surface area (Å²) in [5, 5.41) is 8.35. The average molecular weight is 287 g/mol. The van der Waals surface area contributed by atoms with Gasteiger partial charge in [-0.25, -0.2) is 18.7 Å². The number of sulfone groups is 1. The van der Waals surface area contributed by atoms with Crippen LogP contribution >= 0.6 is 0 Å². The van der Waals surface area contributed by atoms with Crippen molar-refractivity contribution in [1.82, 2.24) is 5.48 Å². The topological polar surface area (TPSA) is 110 Å². The lowest BCUT2D eigenvalue weighted by molar-refractivity contribution is -0.144. The molecule has 0 spiro atoms. The number of carbonyl (C=O) groups excluding carboxylic acids is 1. The lowest BCUT2D eigenvalue weighted by Gasteiger charge is -2.08. The summed E-state index contributed by atoms with van der Waals surface area (Å²) in [7, 11) is -3.42. The molecule has 1 rings (SSSR count). The van der Waals surface area contributed by atoms with Crippen LogP contribution in [-0.4, -0.2) is 38.3 Å². The molecule has 8 heteroatoms. The molecule has 0 saturated carbocycles. The van der Waals surface area contributed by atoms with Crippen molar-refractivity contribution in [2.75, 3.05) is 12.9 Å². The maximum absolute atomic E-state index is 11.7. The predicted molar refractivity (Wildman–Crippen MR) is 65.3 cm³/mol. The lowest BCUT2D eigenvalue weighted by atomic mass is 10.1. The molecule has 0 fully saturated rings. The van der Waals surface area contributed by atoms with Crippen molar-refractivity contribution in [2.24, 2.45) is 0 Å². The fraction of sp³-hybridized carbons (Fsp3) is 0.273. The van der Waals surface area contributed by atoms with Gasteiger partial charge in [0.05, 0.1) is 4.90 Å². The minimum atomic E-state index is -3.42. The van der Waals surface area contributed by atoms with Crippen LogP contribution in [0.5, 0.6) is 0 Å². The molecule has 0 radical (unpaired) electrons. The monoisotopic (exact) mass is 287 g/mol. The van der Waals surface area contributed by atoms with E-state index >= 15 is 0 Å². The number of carbonyl (C=O) groups is 2. The first-order valence-corrected chi connectivity index (χ1v) is 7.05. The van der Waals surface area contributed by atoms with Gasteiger partial charge in [0.1, 0.15) is 0 Å². The molecule has 19 heavy (non-hydrogen) atoms. The summed E-state index contributed by atoms with van der Waals surface area (Å²) in [5.41, 5.74) is 2.59. The van der Waals surface area contributed by atoms with Crippen molar-refractivity contribution in [3.8, 4) is 0 Å². The van der Waals surface area contributed by atoms with Gasteiger partial charge in [0.25, 0.3) is 5.91 Å². The van der Waals surface area contributed by atoms with E-state index in [0.717, 1.165) is 6.26 Å². The fourth-order valence-electron chi connectivity index (χ4n) is 1.29. The van der Waals surface area contributed by atoms with Crippen molar-refractivity contribution in [2.45, 2.75) is 11.8 Å². The van der Waals surface area contributed by atoms with Crippen molar-refractivity contribution >= 4 is 21.7 Å². The fourth-order valence-corrected chi connectivity index (χ4v) is 1.94. The van der Waals surface area contributed by atoms with E-state index in [-0.39, 0.29) is 10.5 Å². The largest absolute Gasteiger partial charge is 0.479 e. The highest BCUT2D eigenvalue weighted by Gasteiger charge is 2.14. The van der Waals surface area contributed by atoms with E-state index in [1.165, 1.54) is 18.2 Å². The predicted octanol–water partition coefficient (Wildman–Crippen LogP) is 0.145. The number of nitrogens with one attached hydrogen (secondary N) is 1. The number of hydrogen-bond donors (Lipinski definition) is 2. The molecule has 2 N–H and O–H groups in total. The minimum Gasteiger partial charge on any atom is -0.479 e. The molecule has 0 heterocycles. The van der Waals surface area contributed by atoms with E-state index < -0.39 is 28.3 Å². The zero-order valence-electron chi connectivity index (χ0n) is 10.3. The molecule has 0 saturated heterocycles. The third-order valence-corrected chi connectivity index (χ3v) is 3.35. The Morgan fingerprint density at radius 2 is 2.00 bits per heavy atom. The molecule has 0 aromatic heterocycles. The SMILES string of the molecule is Cc1ccc(S(C)(=O)=O)cc1C(=O)NOCC(=O)O. The normalized spacial score (nSPS) is 11.1. The molecule has 0 bridgehead atoms. The molecule has 0 aliphatic carbocycles. The molecule has 1 aromatic carbocycles. The molecule has 0 aliphatic heterocycles. The summed E-state index contributed by atoms with van der Waals surface area (Å²) < 4.78 is 22.8. The van der Waals surface area contributed by atoms with Crippen molar-refractivity contribution in [1.29, 1.82) is 0 Å². The van der Waals surface area contributed by atoms with Gasteiger partial charge in [-0.15, -0.1) is 0 Å². The smallest absolute Gasteiger partial charge is 0.332 e. The number of amides is 1. The number of carboxylic acids is 1. The third kappa shape index (κ3) is 4.34. The van der Waals surface area contributed by atoms with Crippen LogP contribution in [0, 0.1) is 6.92 Å². The summed E-state index contributed by atoms with van der Waals surface area (Å²) >= 11 is 0. The number of hydroxylamine groups is 1. The Hall–Kier alpha value is -1.93. The summed E-state index contributed by atoms with van der Waals surface area (Å²) in [5.74, 6) is -1.94. The Morgan fingerprint density at radius 3 is 2.53 bits per heavy atom. The van der Waals surface area contributed by atoms with Crippen molar-refractivity contribution in [3.63, 3.8) is 0 Å². The Labute approximate surface area is 110 Å². The van der Waals surface area contributed by atoms with Gasteiger partial charge in [-0.2, -0.15) is 0 Å². The second-order valence-corrected chi connectivity index (χ2v) is 5.88. The minimum absolute atomic E-state index is 0.00137. The molecular weight excluding hydrogens is 274 g/mol. The molecule has 1 amide bonds. The van der Waals surface area contributed by atoms with Gasteiger partial charge in [-0.3, -0.25) is 9.63 Å². The zero-order valence-corrected chi connectivity index (χ0v) is 11.2. The molecule has 104 valence electrons. The zero-order chi connectivity index (χ0) is 14.6. The Morgan fingerprint density at radius 1 is 1.37 bits per heavy atom. The van der Waals surface area contributed by atoms with Crippen LogP contribution in [0.15, 0.2) is 23.1 Å². The summed E-state index contributed by atoms with van der Waals surface area (Å²) in [6, 6.07) is 4.09. The van der Waals surface area contributed by atoms with Crippen LogP contribution in [0.1, 0.15) is 15.9 Å². The summed E-state index contributed by atoms with van der Waals surface area (Å²) in [6.07, 6.45) is 1.03. The van der Waals surface area contributed by atoms with Crippen LogP contribution in [0.4, 0.5) is 0 Å². The van der Waals surface area contributed by atoms with Gasteiger partial charge in [0, 0.05) is 11.8 Å². The van der Waals surface area contributed by atoms with Crippen LogP contribution in [-0.2, 0) is 19.5 Å². The van der Waals surface area contributed by atoms with E-state index in [1.807, 2.05) is 5.48 Å². The van der Waals surface area contributed by atoms with Crippen molar-refractivity contribution in [3.05, 3.63) is 29.3 Å². The maximum atomic E-state index is 11.7. The Kier molecular flexibility index (Phi) is 4.62. The molecular formula is C11H13NO6S. The maximum Gasteiger partial charge on any atom is 0.332 e. The first kappa shape index (κ1) is 15.1. The number of benzene rings is 1. The molecule has 0 atom stereocenters. The standard InChI is InChI=1S/C11H13NO6S/c1-7-3-4-8(19(2,16)17)5-9(7)11(15)12-18-6-10(13)14/h3-5H,6H2,1-2H3,(H,12,15)(H,13,14). The second kappa shape index (κ2) is 5.81. The summed E-state index contributed by atoms with van der Waals surface area (Å²) in [6.45, 7) is 0.939. The van der Waals surface area contributed by atoms with Gasteiger partial charge in [0.15, 0.2) is 16.4 Å². The Balaban J connectivity index is 2.93. The van der Waals surface area contributed by atoms with Crippen LogP contribution in [0.2, 0.25) is 0 Å². The van der Waals surface area contributed by atoms with Gasteiger partial charge in [0.2, 0.25) is 0 Å². The Bertz CT molecular complexity index is 608.